The molecule has 1 aliphatic heterocycles. The molecule has 0 radical (unpaired) electrons. The second kappa shape index (κ2) is 6.86. The Hall–Kier alpha value is -2.82. The quantitative estimate of drug-likeness (QED) is 0.423. The van der Waals surface area contributed by atoms with Gasteiger partial charge in [-0.3, -0.25) is 9.97 Å². The SMILES string of the molecule is FC(F)(F)c1cccnc1-c1ccc(C2(C(F)(F)F)Nc3cccc(Br)c3N2)nc1. The van der Waals surface area contributed by atoms with Crippen LogP contribution in [0.25, 0.3) is 11.3 Å². The molecule has 1 unspecified atom stereocenters. The van der Waals surface area contributed by atoms with Gasteiger partial charge in [-0.05, 0) is 52.3 Å². The maximum atomic E-state index is 14.1. The Labute approximate surface area is 174 Å². The first-order valence-corrected chi connectivity index (χ1v) is 9.23. The number of rotatable bonds is 2. The van der Waals surface area contributed by atoms with Crippen molar-refractivity contribution in [2.24, 2.45) is 0 Å². The van der Waals surface area contributed by atoms with Crippen LogP contribution in [0.4, 0.5) is 37.7 Å². The number of halogens is 7. The first-order chi connectivity index (χ1) is 14.0. The van der Waals surface area contributed by atoms with Gasteiger partial charge in [0.15, 0.2) is 0 Å². The molecule has 2 N–H and O–H groups in total. The van der Waals surface area contributed by atoms with Gasteiger partial charge in [-0.15, -0.1) is 0 Å². The number of anilines is 2. The number of benzene rings is 1. The molecule has 2 aromatic heterocycles. The van der Waals surface area contributed by atoms with Crippen LogP contribution in [0.3, 0.4) is 0 Å². The highest BCUT2D eigenvalue weighted by molar-refractivity contribution is 9.10. The van der Waals surface area contributed by atoms with E-state index in [4.69, 9.17) is 0 Å². The zero-order valence-electron chi connectivity index (χ0n) is 14.7. The first kappa shape index (κ1) is 20.5. The van der Waals surface area contributed by atoms with E-state index >= 15 is 0 Å². The Morgan fingerprint density at radius 2 is 1.63 bits per heavy atom. The van der Waals surface area contributed by atoms with Crippen LogP contribution in [0, 0.1) is 0 Å². The maximum absolute atomic E-state index is 14.1. The van der Waals surface area contributed by atoms with Crippen molar-refractivity contribution in [3.05, 3.63) is 70.6 Å². The summed E-state index contributed by atoms with van der Waals surface area (Å²) in [5, 5.41) is 4.84. The van der Waals surface area contributed by atoms with Crippen molar-refractivity contribution < 1.29 is 26.3 Å². The van der Waals surface area contributed by atoms with Crippen molar-refractivity contribution in [2.75, 3.05) is 10.6 Å². The van der Waals surface area contributed by atoms with E-state index in [0.717, 1.165) is 30.5 Å². The molecule has 0 saturated carbocycles. The van der Waals surface area contributed by atoms with Gasteiger partial charge in [-0.2, -0.15) is 26.3 Å². The van der Waals surface area contributed by atoms with Crippen LogP contribution in [-0.4, -0.2) is 16.1 Å². The third-order valence-corrected chi connectivity index (χ3v) is 5.27. The Balaban J connectivity index is 1.78. The van der Waals surface area contributed by atoms with Crippen LogP contribution in [0.2, 0.25) is 0 Å². The lowest BCUT2D eigenvalue weighted by Gasteiger charge is -2.32. The summed E-state index contributed by atoms with van der Waals surface area (Å²) < 4.78 is 82.4. The molecular formula is C19H11BrF6N4. The van der Waals surface area contributed by atoms with E-state index in [0.29, 0.717) is 4.47 Å². The molecule has 4 nitrogen and oxygen atoms in total. The molecule has 1 aliphatic rings. The van der Waals surface area contributed by atoms with E-state index < -0.39 is 35.0 Å². The predicted octanol–water partition coefficient (Wildman–Crippen LogP) is 6.18. The van der Waals surface area contributed by atoms with Gasteiger partial charge < -0.3 is 10.6 Å². The molecule has 0 amide bonds. The lowest BCUT2D eigenvalue weighted by Crippen LogP contribution is -2.52. The monoisotopic (exact) mass is 488 g/mol. The molecule has 0 spiro atoms. The van der Waals surface area contributed by atoms with E-state index in [-0.39, 0.29) is 16.9 Å². The minimum atomic E-state index is -4.82. The summed E-state index contributed by atoms with van der Waals surface area (Å²) in [4.78, 5) is 7.58. The molecule has 3 heterocycles. The lowest BCUT2D eigenvalue weighted by molar-refractivity contribution is -0.173. The summed E-state index contributed by atoms with van der Waals surface area (Å²) in [6.45, 7) is 0. The maximum Gasteiger partial charge on any atom is 0.436 e. The fraction of sp³-hybridized carbons (Fsp3) is 0.158. The minimum absolute atomic E-state index is 0.0549. The van der Waals surface area contributed by atoms with E-state index in [1.807, 2.05) is 0 Å². The molecule has 30 heavy (non-hydrogen) atoms. The highest BCUT2D eigenvalue weighted by Crippen LogP contribution is 2.50. The van der Waals surface area contributed by atoms with Gasteiger partial charge >= 0.3 is 12.4 Å². The van der Waals surface area contributed by atoms with E-state index in [1.54, 1.807) is 12.1 Å². The highest BCUT2D eigenvalue weighted by atomic mass is 79.9. The fourth-order valence-corrected chi connectivity index (χ4v) is 3.68. The van der Waals surface area contributed by atoms with E-state index in [1.165, 1.54) is 12.3 Å². The lowest BCUT2D eigenvalue weighted by atomic mass is 10.0. The van der Waals surface area contributed by atoms with Gasteiger partial charge in [-0.25, -0.2) is 0 Å². The first-order valence-electron chi connectivity index (χ1n) is 8.44. The number of hydrogen-bond donors (Lipinski definition) is 2. The van der Waals surface area contributed by atoms with E-state index in [2.05, 4.69) is 36.5 Å². The molecule has 156 valence electrons. The molecule has 0 saturated heterocycles. The van der Waals surface area contributed by atoms with Crippen molar-refractivity contribution >= 4 is 27.3 Å². The van der Waals surface area contributed by atoms with Gasteiger partial charge in [0.25, 0.3) is 5.66 Å². The van der Waals surface area contributed by atoms with Crippen molar-refractivity contribution in [3.8, 4) is 11.3 Å². The van der Waals surface area contributed by atoms with Gasteiger partial charge in [0, 0.05) is 22.4 Å². The number of para-hydroxylation sites is 1. The van der Waals surface area contributed by atoms with Crippen LogP contribution in [0.15, 0.2) is 59.3 Å². The molecule has 3 aromatic rings. The van der Waals surface area contributed by atoms with Gasteiger partial charge in [0.1, 0.15) is 0 Å². The highest BCUT2D eigenvalue weighted by Gasteiger charge is 2.60. The summed E-state index contributed by atoms with van der Waals surface area (Å²) in [6.07, 6.45) is -7.37. The molecule has 1 atom stereocenters. The van der Waals surface area contributed by atoms with Crippen LogP contribution in [0.5, 0.6) is 0 Å². The standard InChI is InChI=1S/C19H11BrF6N4/c20-12-4-1-5-13-16(12)30-17(29-13,19(24,25)26)14-7-6-10(9-28-14)15-11(18(21,22)23)3-2-8-27-15/h1-9,29-30H. The average molecular weight is 489 g/mol. The Morgan fingerprint density at radius 1 is 0.867 bits per heavy atom. The van der Waals surface area contributed by atoms with Crippen LogP contribution in [-0.2, 0) is 11.8 Å². The fourth-order valence-electron chi connectivity index (χ4n) is 3.21. The van der Waals surface area contributed by atoms with Crippen molar-refractivity contribution in [1.29, 1.82) is 0 Å². The molecular weight excluding hydrogens is 478 g/mol. The molecule has 0 aliphatic carbocycles. The number of hydrogen-bond acceptors (Lipinski definition) is 4. The molecule has 0 fully saturated rings. The third kappa shape index (κ3) is 3.26. The zero-order chi connectivity index (χ0) is 21.7. The second-order valence-corrected chi connectivity index (χ2v) is 7.34. The smallest absolute Gasteiger partial charge is 0.349 e. The largest absolute Gasteiger partial charge is 0.436 e. The summed E-state index contributed by atoms with van der Waals surface area (Å²) in [7, 11) is 0. The number of aromatic nitrogens is 2. The van der Waals surface area contributed by atoms with Crippen molar-refractivity contribution in [1.82, 2.24) is 9.97 Å². The van der Waals surface area contributed by atoms with Gasteiger partial charge in [0.2, 0.25) is 0 Å². The Morgan fingerprint density at radius 3 is 2.23 bits per heavy atom. The third-order valence-electron chi connectivity index (χ3n) is 4.61. The molecule has 1 aromatic carbocycles. The number of nitrogens with zero attached hydrogens (tertiary/aromatic N) is 2. The topological polar surface area (TPSA) is 49.8 Å². The zero-order valence-corrected chi connectivity index (χ0v) is 16.3. The molecule has 11 heteroatoms. The van der Waals surface area contributed by atoms with Crippen molar-refractivity contribution in [3.63, 3.8) is 0 Å². The van der Waals surface area contributed by atoms with Gasteiger partial charge in [0.05, 0.1) is 28.3 Å². The number of nitrogens with one attached hydrogen (secondary N) is 2. The number of fused-ring (bicyclic) bond motifs is 1. The van der Waals surface area contributed by atoms with Gasteiger partial charge in [-0.1, -0.05) is 6.07 Å². The number of alkyl halides is 6. The summed E-state index contributed by atoms with van der Waals surface area (Å²) >= 11 is 3.20. The Kier molecular flexibility index (Phi) is 4.68. The normalized spacial score (nSPS) is 18.5. The summed E-state index contributed by atoms with van der Waals surface area (Å²) in [5.41, 5.74) is -4.26. The summed E-state index contributed by atoms with van der Waals surface area (Å²) in [5.74, 6) is 0. The number of pyridine rings is 2. The molecule has 4 rings (SSSR count). The van der Waals surface area contributed by atoms with Crippen molar-refractivity contribution in [2.45, 2.75) is 18.0 Å². The average Bonchev–Trinajstić information content (AvgIpc) is 3.10. The van der Waals surface area contributed by atoms with Crippen LogP contribution >= 0.6 is 15.9 Å². The van der Waals surface area contributed by atoms with Crippen LogP contribution < -0.4 is 10.6 Å². The predicted molar refractivity (Wildman–Crippen MR) is 102 cm³/mol. The minimum Gasteiger partial charge on any atom is -0.349 e. The molecule has 0 bridgehead atoms. The van der Waals surface area contributed by atoms with E-state index in [9.17, 15) is 26.3 Å². The summed E-state index contributed by atoms with van der Waals surface area (Å²) in [6, 6.07) is 8.76. The second-order valence-electron chi connectivity index (χ2n) is 6.49. The Bertz CT molecular complexity index is 1100. The van der Waals surface area contributed by atoms with Crippen LogP contribution in [0.1, 0.15) is 11.3 Å².